The predicted octanol–water partition coefficient (Wildman–Crippen LogP) is -0.0562. The molecule has 4 nitrogen and oxygen atoms in total. The minimum atomic E-state index is -0.631. The average molecular weight is 219 g/mol. The van der Waals surface area contributed by atoms with Gasteiger partial charge in [0.1, 0.15) is 17.9 Å². The Balaban J connectivity index is 2.00. The van der Waals surface area contributed by atoms with Crippen molar-refractivity contribution in [2.24, 2.45) is 0 Å². The van der Waals surface area contributed by atoms with Crippen LogP contribution in [0.25, 0.3) is 0 Å². The van der Waals surface area contributed by atoms with E-state index in [0.717, 1.165) is 0 Å². The SMILES string of the molecule is OC[C@H]1O[C@@H](C#Cc2ccccn2)C[C@@H]1O. The van der Waals surface area contributed by atoms with Crippen molar-refractivity contribution in [3.63, 3.8) is 0 Å². The number of pyridine rings is 1. The molecule has 84 valence electrons. The van der Waals surface area contributed by atoms with Gasteiger partial charge in [-0.1, -0.05) is 12.0 Å². The maximum absolute atomic E-state index is 9.49. The van der Waals surface area contributed by atoms with Crippen molar-refractivity contribution >= 4 is 0 Å². The largest absolute Gasteiger partial charge is 0.394 e. The van der Waals surface area contributed by atoms with E-state index >= 15 is 0 Å². The second-order valence-electron chi connectivity index (χ2n) is 3.63. The summed E-state index contributed by atoms with van der Waals surface area (Å²) in [7, 11) is 0. The molecule has 2 N–H and O–H groups in total. The van der Waals surface area contributed by atoms with Crippen molar-refractivity contribution in [2.45, 2.75) is 24.7 Å². The van der Waals surface area contributed by atoms with E-state index in [2.05, 4.69) is 16.8 Å². The summed E-state index contributed by atoms with van der Waals surface area (Å²) in [5.41, 5.74) is 0.674. The van der Waals surface area contributed by atoms with Gasteiger partial charge in [0.05, 0.1) is 12.7 Å². The highest BCUT2D eigenvalue weighted by Crippen LogP contribution is 2.19. The third-order valence-electron chi connectivity index (χ3n) is 2.43. The van der Waals surface area contributed by atoms with Crippen LogP contribution in [0.3, 0.4) is 0 Å². The van der Waals surface area contributed by atoms with E-state index in [1.54, 1.807) is 6.20 Å². The zero-order valence-electron chi connectivity index (χ0n) is 8.71. The van der Waals surface area contributed by atoms with Crippen LogP contribution in [0.2, 0.25) is 0 Å². The van der Waals surface area contributed by atoms with E-state index < -0.39 is 12.2 Å². The number of aliphatic hydroxyl groups is 2. The molecule has 4 heteroatoms. The van der Waals surface area contributed by atoms with Gasteiger partial charge in [-0.2, -0.15) is 0 Å². The molecule has 0 spiro atoms. The highest BCUT2D eigenvalue weighted by atomic mass is 16.5. The molecule has 0 unspecified atom stereocenters. The van der Waals surface area contributed by atoms with Crippen molar-refractivity contribution < 1.29 is 14.9 Å². The van der Waals surface area contributed by atoms with Crippen LogP contribution in [-0.4, -0.2) is 40.1 Å². The molecule has 2 heterocycles. The molecule has 1 saturated heterocycles. The standard InChI is InChI=1S/C12H13NO3/c14-8-12-11(15)7-10(16-12)5-4-9-3-1-2-6-13-9/h1-3,6,10-12,14-15H,7-8H2/t10-,11-,12+/m0/s1. The molecule has 2 rings (SSSR count). The van der Waals surface area contributed by atoms with Gasteiger partial charge >= 0.3 is 0 Å². The molecule has 0 bridgehead atoms. The first-order chi connectivity index (χ1) is 7.79. The van der Waals surface area contributed by atoms with Gasteiger partial charge in [0.15, 0.2) is 0 Å². The minimum Gasteiger partial charge on any atom is -0.394 e. The third kappa shape index (κ3) is 2.58. The van der Waals surface area contributed by atoms with Crippen LogP contribution in [-0.2, 0) is 4.74 Å². The predicted molar refractivity (Wildman–Crippen MR) is 57.5 cm³/mol. The lowest BCUT2D eigenvalue weighted by atomic mass is 10.1. The van der Waals surface area contributed by atoms with Gasteiger partial charge in [0.2, 0.25) is 0 Å². The highest BCUT2D eigenvalue weighted by molar-refractivity contribution is 5.28. The summed E-state index contributed by atoms with van der Waals surface area (Å²) >= 11 is 0. The first kappa shape index (κ1) is 11.1. The Hall–Kier alpha value is -1.41. The zero-order valence-corrected chi connectivity index (χ0v) is 8.71. The Morgan fingerprint density at radius 3 is 3.00 bits per heavy atom. The Kier molecular flexibility index (Phi) is 3.52. The van der Waals surface area contributed by atoms with E-state index in [1.807, 2.05) is 18.2 Å². The Labute approximate surface area is 93.9 Å². The minimum absolute atomic E-state index is 0.178. The molecule has 1 fully saturated rings. The van der Waals surface area contributed by atoms with Crippen LogP contribution < -0.4 is 0 Å². The maximum atomic E-state index is 9.49. The summed E-state index contributed by atoms with van der Waals surface area (Å²) in [5, 5.41) is 18.4. The lowest BCUT2D eigenvalue weighted by Gasteiger charge is -2.08. The fourth-order valence-electron chi connectivity index (χ4n) is 1.58. The van der Waals surface area contributed by atoms with Crippen molar-refractivity contribution in [1.82, 2.24) is 4.98 Å². The molecule has 0 aromatic carbocycles. The monoisotopic (exact) mass is 219 g/mol. The Bertz CT molecular complexity index is 396. The Morgan fingerprint density at radius 1 is 1.50 bits per heavy atom. The van der Waals surface area contributed by atoms with Crippen molar-refractivity contribution in [3.05, 3.63) is 30.1 Å². The van der Waals surface area contributed by atoms with E-state index in [0.29, 0.717) is 12.1 Å². The smallest absolute Gasteiger partial charge is 0.121 e. The molecule has 0 amide bonds. The summed E-state index contributed by atoms with van der Waals surface area (Å²) in [6.45, 7) is -0.178. The van der Waals surface area contributed by atoms with Crippen LogP contribution >= 0.6 is 0 Å². The molecule has 1 aliphatic rings. The van der Waals surface area contributed by atoms with Gasteiger partial charge in [-0.25, -0.2) is 4.98 Å². The fraction of sp³-hybridized carbons (Fsp3) is 0.417. The quantitative estimate of drug-likeness (QED) is 0.650. The molecule has 0 saturated carbocycles. The van der Waals surface area contributed by atoms with Crippen LogP contribution in [0.1, 0.15) is 12.1 Å². The van der Waals surface area contributed by atoms with Crippen molar-refractivity contribution in [1.29, 1.82) is 0 Å². The molecule has 0 radical (unpaired) electrons. The molecule has 1 aromatic heterocycles. The number of hydrogen-bond acceptors (Lipinski definition) is 4. The van der Waals surface area contributed by atoms with Crippen molar-refractivity contribution in [3.8, 4) is 11.8 Å². The molecule has 3 atom stereocenters. The third-order valence-corrected chi connectivity index (χ3v) is 2.43. The summed E-state index contributed by atoms with van der Waals surface area (Å²) < 4.78 is 5.34. The van der Waals surface area contributed by atoms with Crippen molar-refractivity contribution in [2.75, 3.05) is 6.61 Å². The van der Waals surface area contributed by atoms with E-state index in [4.69, 9.17) is 9.84 Å². The average Bonchev–Trinajstić information content (AvgIpc) is 2.69. The van der Waals surface area contributed by atoms with Gasteiger partial charge in [-0.15, -0.1) is 0 Å². The lowest BCUT2D eigenvalue weighted by Crippen LogP contribution is -2.24. The molecule has 16 heavy (non-hydrogen) atoms. The number of rotatable bonds is 1. The van der Waals surface area contributed by atoms with Gasteiger partial charge in [0, 0.05) is 12.6 Å². The second kappa shape index (κ2) is 5.08. The van der Waals surface area contributed by atoms with Crippen LogP contribution in [0.5, 0.6) is 0 Å². The zero-order chi connectivity index (χ0) is 11.4. The normalized spacial score (nSPS) is 28.5. The van der Waals surface area contributed by atoms with Crippen LogP contribution in [0.15, 0.2) is 24.4 Å². The van der Waals surface area contributed by atoms with Crippen LogP contribution in [0, 0.1) is 11.8 Å². The van der Waals surface area contributed by atoms with E-state index in [-0.39, 0.29) is 12.7 Å². The summed E-state index contributed by atoms with van der Waals surface area (Å²) in [6, 6.07) is 5.49. The van der Waals surface area contributed by atoms with Gasteiger partial charge in [0.25, 0.3) is 0 Å². The fourth-order valence-corrected chi connectivity index (χ4v) is 1.58. The van der Waals surface area contributed by atoms with Gasteiger partial charge in [-0.05, 0) is 18.1 Å². The number of hydrogen-bond donors (Lipinski definition) is 2. The number of nitrogens with zero attached hydrogens (tertiary/aromatic N) is 1. The first-order valence-electron chi connectivity index (χ1n) is 5.16. The molecule has 1 aliphatic heterocycles. The summed E-state index contributed by atoms with van der Waals surface area (Å²) in [6.07, 6.45) is 0.640. The van der Waals surface area contributed by atoms with Gasteiger partial charge < -0.3 is 14.9 Å². The molecular formula is C12H13NO3. The van der Waals surface area contributed by atoms with Crippen LogP contribution in [0.4, 0.5) is 0 Å². The Morgan fingerprint density at radius 2 is 2.38 bits per heavy atom. The topological polar surface area (TPSA) is 62.6 Å². The lowest BCUT2D eigenvalue weighted by molar-refractivity contribution is -0.00869. The number of aromatic nitrogens is 1. The molecular weight excluding hydrogens is 206 g/mol. The number of aliphatic hydroxyl groups excluding tert-OH is 2. The first-order valence-corrected chi connectivity index (χ1v) is 5.16. The summed E-state index contributed by atoms with van der Waals surface area (Å²) in [4.78, 5) is 4.06. The van der Waals surface area contributed by atoms with E-state index in [9.17, 15) is 5.11 Å². The molecule has 1 aromatic rings. The van der Waals surface area contributed by atoms with Gasteiger partial charge in [-0.3, -0.25) is 0 Å². The highest BCUT2D eigenvalue weighted by Gasteiger charge is 2.32. The van der Waals surface area contributed by atoms with E-state index in [1.165, 1.54) is 0 Å². The summed E-state index contributed by atoms with van der Waals surface area (Å²) in [5.74, 6) is 5.76. The maximum Gasteiger partial charge on any atom is 0.121 e. The molecule has 0 aliphatic carbocycles. The number of ether oxygens (including phenoxy) is 1. The second-order valence-corrected chi connectivity index (χ2v) is 3.63.